The molecule has 0 unspecified atom stereocenters. The van der Waals surface area contributed by atoms with E-state index in [1.165, 1.54) is 29.8 Å². The first-order valence-electron chi connectivity index (χ1n) is 9.15. The molecule has 1 fully saturated rings. The molecule has 0 spiro atoms. The van der Waals surface area contributed by atoms with Crippen LogP contribution in [-0.4, -0.2) is 47.9 Å². The van der Waals surface area contributed by atoms with Crippen molar-refractivity contribution in [3.05, 3.63) is 65.5 Å². The molecule has 2 aromatic rings. The van der Waals surface area contributed by atoms with Gasteiger partial charge < -0.3 is 15.1 Å². The molecule has 0 aliphatic carbocycles. The van der Waals surface area contributed by atoms with E-state index in [1.807, 2.05) is 24.3 Å². The van der Waals surface area contributed by atoms with Crippen LogP contribution in [0.15, 0.2) is 48.5 Å². The fraction of sp³-hybridized carbons (Fsp3) is 0.333. The summed E-state index contributed by atoms with van der Waals surface area (Å²) in [4.78, 5) is 28.4. The Morgan fingerprint density at radius 3 is 2.00 bits per heavy atom. The van der Waals surface area contributed by atoms with Crippen LogP contribution in [0.5, 0.6) is 0 Å². The number of rotatable bonds is 3. The Kier molecular flexibility index (Phi) is 5.74. The first kappa shape index (κ1) is 18.9. The monoisotopic (exact) mass is 369 g/mol. The highest BCUT2D eigenvalue weighted by atomic mass is 19.1. The number of urea groups is 1. The lowest BCUT2D eigenvalue weighted by atomic mass is 10.0. The first-order valence-corrected chi connectivity index (χ1v) is 9.15. The predicted octanol–water partition coefficient (Wildman–Crippen LogP) is 3.94. The van der Waals surface area contributed by atoms with Gasteiger partial charge in [-0.3, -0.25) is 4.79 Å². The van der Waals surface area contributed by atoms with Gasteiger partial charge in [-0.25, -0.2) is 9.18 Å². The Labute approximate surface area is 158 Å². The van der Waals surface area contributed by atoms with E-state index < -0.39 is 0 Å². The number of carbonyl (C=O) groups is 2. The van der Waals surface area contributed by atoms with Gasteiger partial charge in [0.15, 0.2) is 0 Å². The van der Waals surface area contributed by atoms with E-state index in [2.05, 4.69) is 19.2 Å². The van der Waals surface area contributed by atoms with Crippen molar-refractivity contribution in [2.75, 3.05) is 31.5 Å². The minimum Gasteiger partial charge on any atom is -0.335 e. The van der Waals surface area contributed by atoms with Gasteiger partial charge in [0.1, 0.15) is 5.82 Å². The number of halogens is 1. The van der Waals surface area contributed by atoms with Gasteiger partial charge in [0.2, 0.25) is 0 Å². The molecule has 3 rings (SSSR count). The third-order valence-corrected chi connectivity index (χ3v) is 4.77. The van der Waals surface area contributed by atoms with E-state index in [1.54, 1.807) is 9.80 Å². The summed E-state index contributed by atoms with van der Waals surface area (Å²) in [5.74, 6) is 0.0720. The van der Waals surface area contributed by atoms with Gasteiger partial charge in [-0.2, -0.15) is 0 Å². The predicted molar refractivity (Wildman–Crippen MR) is 103 cm³/mol. The molecule has 6 heteroatoms. The summed E-state index contributed by atoms with van der Waals surface area (Å²) in [6, 6.07) is 13.1. The van der Waals surface area contributed by atoms with Gasteiger partial charge in [0.05, 0.1) is 0 Å². The maximum atomic E-state index is 12.9. The molecule has 1 aliphatic rings. The lowest BCUT2D eigenvalue weighted by Crippen LogP contribution is -2.51. The number of piperazine rings is 1. The van der Waals surface area contributed by atoms with Crippen LogP contribution < -0.4 is 5.32 Å². The van der Waals surface area contributed by atoms with Crippen LogP contribution in [0, 0.1) is 5.82 Å². The largest absolute Gasteiger partial charge is 0.335 e. The van der Waals surface area contributed by atoms with Crippen molar-refractivity contribution in [3.63, 3.8) is 0 Å². The van der Waals surface area contributed by atoms with Crippen molar-refractivity contribution in [1.29, 1.82) is 0 Å². The maximum absolute atomic E-state index is 12.9. The third kappa shape index (κ3) is 4.64. The lowest BCUT2D eigenvalue weighted by Gasteiger charge is -2.34. The van der Waals surface area contributed by atoms with Crippen molar-refractivity contribution in [2.45, 2.75) is 19.8 Å². The zero-order valence-corrected chi connectivity index (χ0v) is 15.6. The Balaban J connectivity index is 1.54. The molecular formula is C21H24FN3O2. The molecule has 142 valence electrons. The van der Waals surface area contributed by atoms with Gasteiger partial charge in [-0.1, -0.05) is 26.0 Å². The van der Waals surface area contributed by atoms with Crippen molar-refractivity contribution in [2.24, 2.45) is 0 Å². The Hall–Kier alpha value is -2.89. The van der Waals surface area contributed by atoms with Crippen molar-refractivity contribution < 1.29 is 14.0 Å². The average molecular weight is 369 g/mol. The molecule has 1 N–H and O–H groups in total. The van der Waals surface area contributed by atoms with E-state index >= 15 is 0 Å². The molecule has 1 heterocycles. The molecule has 5 nitrogen and oxygen atoms in total. The molecule has 0 atom stereocenters. The summed E-state index contributed by atoms with van der Waals surface area (Å²) in [7, 11) is 0. The van der Waals surface area contributed by atoms with Crippen LogP contribution >= 0.6 is 0 Å². The Morgan fingerprint density at radius 1 is 0.889 bits per heavy atom. The topological polar surface area (TPSA) is 52.7 Å². The fourth-order valence-electron chi connectivity index (χ4n) is 3.04. The van der Waals surface area contributed by atoms with Gasteiger partial charge in [0.25, 0.3) is 5.91 Å². The van der Waals surface area contributed by atoms with Crippen LogP contribution in [0.2, 0.25) is 0 Å². The number of carbonyl (C=O) groups excluding carboxylic acids is 2. The smallest absolute Gasteiger partial charge is 0.321 e. The molecule has 0 bridgehead atoms. The Morgan fingerprint density at radius 2 is 1.44 bits per heavy atom. The summed E-state index contributed by atoms with van der Waals surface area (Å²) in [5.41, 5.74) is 2.42. The van der Waals surface area contributed by atoms with Gasteiger partial charge in [-0.05, 0) is 47.9 Å². The Bertz CT molecular complexity index is 795. The normalized spacial score (nSPS) is 14.4. The molecule has 2 aromatic carbocycles. The van der Waals surface area contributed by atoms with Crippen molar-refractivity contribution in [1.82, 2.24) is 9.80 Å². The SMILES string of the molecule is CC(C)c1ccc(C(=O)N2CCN(C(=O)Nc3ccc(F)cc3)CC2)cc1. The summed E-state index contributed by atoms with van der Waals surface area (Å²) >= 11 is 0. The number of hydrogen-bond acceptors (Lipinski definition) is 2. The number of nitrogens with one attached hydrogen (secondary N) is 1. The van der Waals surface area contributed by atoms with E-state index in [9.17, 15) is 14.0 Å². The van der Waals surface area contributed by atoms with Crippen LogP contribution in [0.4, 0.5) is 14.9 Å². The highest BCUT2D eigenvalue weighted by Crippen LogP contribution is 2.17. The van der Waals surface area contributed by atoms with E-state index in [0.29, 0.717) is 43.3 Å². The summed E-state index contributed by atoms with van der Waals surface area (Å²) < 4.78 is 12.9. The summed E-state index contributed by atoms with van der Waals surface area (Å²) in [5, 5.41) is 2.75. The minimum atomic E-state index is -0.346. The first-order chi connectivity index (χ1) is 12.9. The molecule has 0 saturated carbocycles. The van der Waals surface area contributed by atoms with Crippen LogP contribution in [0.3, 0.4) is 0 Å². The standard InChI is InChI=1S/C21H24FN3O2/c1-15(2)16-3-5-17(6-4-16)20(26)24-11-13-25(14-12-24)21(27)23-19-9-7-18(22)8-10-19/h3-10,15H,11-14H2,1-2H3,(H,23,27). The van der Waals surface area contributed by atoms with Crippen LogP contribution in [-0.2, 0) is 0 Å². The second-order valence-electron chi connectivity index (χ2n) is 6.99. The molecule has 3 amide bonds. The number of hydrogen-bond donors (Lipinski definition) is 1. The van der Waals surface area contributed by atoms with Crippen LogP contribution in [0.25, 0.3) is 0 Å². The van der Waals surface area contributed by atoms with Gasteiger partial charge >= 0.3 is 6.03 Å². The molecular weight excluding hydrogens is 345 g/mol. The summed E-state index contributed by atoms with van der Waals surface area (Å²) in [6.07, 6.45) is 0. The number of benzene rings is 2. The highest BCUT2D eigenvalue weighted by molar-refractivity contribution is 5.94. The van der Waals surface area contributed by atoms with E-state index in [4.69, 9.17) is 0 Å². The third-order valence-electron chi connectivity index (χ3n) is 4.77. The molecule has 27 heavy (non-hydrogen) atoms. The maximum Gasteiger partial charge on any atom is 0.321 e. The number of amides is 3. The van der Waals surface area contributed by atoms with Crippen LogP contribution in [0.1, 0.15) is 35.7 Å². The number of anilines is 1. The molecule has 1 saturated heterocycles. The van der Waals surface area contributed by atoms with E-state index in [0.717, 1.165) is 0 Å². The summed E-state index contributed by atoms with van der Waals surface area (Å²) in [6.45, 7) is 6.13. The minimum absolute atomic E-state index is 0.0103. The molecule has 0 aromatic heterocycles. The zero-order valence-electron chi connectivity index (χ0n) is 15.6. The van der Waals surface area contributed by atoms with E-state index in [-0.39, 0.29) is 17.8 Å². The molecule has 1 aliphatic heterocycles. The quantitative estimate of drug-likeness (QED) is 0.891. The lowest BCUT2D eigenvalue weighted by molar-refractivity contribution is 0.0671. The second kappa shape index (κ2) is 8.20. The van der Waals surface area contributed by atoms with Gasteiger partial charge in [0, 0.05) is 37.4 Å². The molecule has 0 radical (unpaired) electrons. The fourth-order valence-corrected chi connectivity index (χ4v) is 3.04. The average Bonchev–Trinajstić information content (AvgIpc) is 2.69. The highest BCUT2D eigenvalue weighted by Gasteiger charge is 2.25. The second-order valence-corrected chi connectivity index (χ2v) is 6.99. The zero-order chi connectivity index (χ0) is 19.4. The van der Waals surface area contributed by atoms with Crippen molar-refractivity contribution >= 4 is 17.6 Å². The number of nitrogens with zero attached hydrogens (tertiary/aromatic N) is 2. The van der Waals surface area contributed by atoms with Gasteiger partial charge in [-0.15, -0.1) is 0 Å². The van der Waals surface area contributed by atoms with Crippen molar-refractivity contribution in [3.8, 4) is 0 Å².